The fraction of sp³-hybridized carbons (Fsp3) is 0.474. The summed E-state index contributed by atoms with van der Waals surface area (Å²) in [5.74, 6) is 1.90. The summed E-state index contributed by atoms with van der Waals surface area (Å²) >= 11 is 0. The molecule has 3 rings (SSSR count). The highest BCUT2D eigenvalue weighted by Gasteiger charge is 2.17. The van der Waals surface area contributed by atoms with Gasteiger partial charge in [-0.1, -0.05) is 43.7 Å². The van der Waals surface area contributed by atoms with Gasteiger partial charge in [0.1, 0.15) is 5.82 Å². The molecule has 0 aliphatic carbocycles. The summed E-state index contributed by atoms with van der Waals surface area (Å²) in [4.78, 5) is 14.2. The van der Waals surface area contributed by atoms with Crippen molar-refractivity contribution in [2.45, 2.75) is 32.6 Å². The summed E-state index contributed by atoms with van der Waals surface area (Å²) in [5.41, 5.74) is 2.17. The second-order valence-electron chi connectivity index (χ2n) is 6.25. The van der Waals surface area contributed by atoms with Gasteiger partial charge in [0.2, 0.25) is 5.95 Å². The van der Waals surface area contributed by atoms with E-state index in [1.165, 1.54) is 19.3 Å². The van der Waals surface area contributed by atoms with Gasteiger partial charge < -0.3 is 9.80 Å². The van der Waals surface area contributed by atoms with Crippen LogP contribution in [0.5, 0.6) is 0 Å². The maximum atomic E-state index is 4.83. The molecule has 1 fully saturated rings. The van der Waals surface area contributed by atoms with Crippen LogP contribution in [0.1, 0.15) is 32.6 Å². The van der Waals surface area contributed by atoms with E-state index in [4.69, 9.17) is 9.97 Å². The number of unbranched alkanes of at least 4 members (excludes halogenated alkanes) is 1. The Balaban J connectivity index is 1.96. The highest BCUT2D eigenvalue weighted by molar-refractivity contribution is 5.65. The first-order valence-corrected chi connectivity index (χ1v) is 8.68. The topological polar surface area (TPSA) is 32.3 Å². The normalized spacial score (nSPS) is 14.3. The van der Waals surface area contributed by atoms with Crippen LogP contribution in [-0.4, -0.2) is 36.6 Å². The summed E-state index contributed by atoms with van der Waals surface area (Å²) < 4.78 is 0. The van der Waals surface area contributed by atoms with E-state index >= 15 is 0 Å². The van der Waals surface area contributed by atoms with Crippen LogP contribution in [0.4, 0.5) is 11.8 Å². The van der Waals surface area contributed by atoms with E-state index < -0.39 is 0 Å². The van der Waals surface area contributed by atoms with Crippen molar-refractivity contribution in [2.24, 2.45) is 0 Å². The van der Waals surface area contributed by atoms with Crippen molar-refractivity contribution in [2.75, 3.05) is 36.5 Å². The first-order valence-electron chi connectivity index (χ1n) is 8.68. The molecule has 2 aromatic rings. The lowest BCUT2D eigenvalue weighted by Crippen LogP contribution is -2.24. The molecule has 1 aromatic carbocycles. The lowest BCUT2D eigenvalue weighted by molar-refractivity contribution is 0.748. The van der Waals surface area contributed by atoms with Crippen molar-refractivity contribution in [1.29, 1.82) is 0 Å². The van der Waals surface area contributed by atoms with Crippen LogP contribution in [0.25, 0.3) is 11.3 Å². The number of aromatic nitrogens is 2. The lowest BCUT2D eigenvalue weighted by atomic mass is 10.1. The number of rotatable bonds is 6. The smallest absolute Gasteiger partial charge is 0.227 e. The molecule has 0 amide bonds. The molecule has 0 saturated carbocycles. The average Bonchev–Trinajstić information content (AvgIpc) is 3.14. The van der Waals surface area contributed by atoms with Crippen LogP contribution in [0.15, 0.2) is 36.4 Å². The maximum absolute atomic E-state index is 4.83. The number of benzene rings is 1. The van der Waals surface area contributed by atoms with Crippen LogP contribution in [-0.2, 0) is 0 Å². The fourth-order valence-electron chi connectivity index (χ4n) is 2.95. The Hall–Kier alpha value is -2.10. The summed E-state index contributed by atoms with van der Waals surface area (Å²) in [6, 6.07) is 12.5. The van der Waals surface area contributed by atoms with Crippen molar-refractivity contribution >= 4 is 11.8 Å². The minimum atomic E-state index is 0.835. The molecule has 1 saturated heterocycles. The van der Waals surface area contributed by atoms with Crippen LogP contribution in [0.2, 0.25) is 0 Å². The third-order valence-corrected chi connectivity index (χ3v) is 4.39. The summed E-state index contributed by atoms with van der Waals surface area (Å²) in [6.07, 6.45) is 4.85. The molecule has 1 aromatic heterocycles. The van der Waals surface area contributed by atoms with Gasteiger partial charge in [0.25, 0.3) is 0 Å². The van der Waals surface area contributed by atoms with E-state index in [2.05, 4.69) is 54.1 Å². The van der Waals surface area contributed by atoms with Crippen molar-refractivity contribution in [1.82, 2.24) is 9.97 Å². The lowest BCUT2D eigenvalue weighted by Gasteiger charge is -2.22. The predicted octanol–water partition coefficient (Wildman–Crippen LogP) is 3.98. The summed E-state index contributed by atoms with van der Waals surface area (Å²) in [7, 11) is 2.09. The number of hydrogen-bond donors (Lipinski definition) is 0. The Morgan fingerprint density at radius 1 is 1.09 bits per heavy atom. The second-order valence-corrected chi connectivity index (χ2v) is 6.25. The monoisotopic (exact) mass is 310 g/mol. The molecule has 0 atom stereocenters. The zero-order valence-electron chi connectivity index (χ0n) is 14.2. The molecular weight excluding hydrogens is 284 g/mol. The predicted molar refractivity (Wildman–Crippen MR) is 97.1 cm³/mol. The van der Waals surface area contributed by atoms with E-state index in [-0.39, 0.29) is 0 Å². The highest BCUT2D eigenvalue weighted by atomic mass is 15.3. The van der Waals surface area contributed by atoms with Gasteiger partial charge >= 0.3 is 0 Å². The Morgan fingerprint density at radius 3 is 2.52 bits per heavy atom. The van der Waals surface area contributed by atoms with Crippen LogP contribution >= 0.6 is 0 Å². The zero-order chi connectivity index (χ0) is 16.1. The van der Waals surface area contributed by atoms with Gasteiger partial charge in [0.15, 0.2) is 0 Å². The van der Waals surface area contributed by atoms with Gasteiger partial charge in [-0.3, -0.25) is 0 Å². The molecule has 0 unspecified atom stereocenters. The third-order valence-electron chi connectivity index (χ3n) is 4.39. The first-order chi connectivity index (χ1) is 11.3. The molecule has 0 radical (unpaired) electrons. The van der Waals surface area contributed by atoms with E-state index in [0.717, 1.165) is 49.1 Å². The van der Waals surface area contributed by atoms with Gasteiger partial charge in [-0.15, -0.1) is 0 Å². The van der Waals surface area contributed by atoms with Crippen molar-refractivity contribution in [3.05, 3.63) is 36.4 Å². The molecule has 122 valence electrons. The van der Waals surface area contributed by atoms with E-state index in [0.29, 0.717) is 0 Å². The standard InChI is InChI=1S/C19H26N4/c1-3-4-12-22(2)19-20-17(16-10-6-5-7-11-16)15-18(21-19)23-13-8-9-14-23/h5-7,10-11,15H,3-4,8-9,12-14H2,1-2H3. The molecule has 4 heteroatoms. The molecule has 0 N–H and O–H groups in total. The van der Waals surface area contributed by atoms with Crippen LogP contribution < -0.4 is 9.80 Å². The third kappa shape index (κ3) is 3.81. The van der Waals surface area contributed by atoms with Gasteiger partial charge in [0, 0.05) is 38.3 Å². The van der Waals surface area contributed by atoms with Crippen molar-refractivity contribution in [3.8, 4) is 11.3 Å². The van der Waals surface area contributed by atoms with Gasteiger partial charge in [-0.25, -0.2) is 4.98 Å². The SMILES string of the molecule is CCCCN(C)c1nc(-c2ccccc2)cc(N2CCCC2)n1. The van der Waals surface area contributed by atoms with Gasteiger partial charge in [-0.05, 0) is 19.3 Å². The number of nitrogens with zero attached hydrogens (tertiary/aromatic N) is 4. The molecule has 4 nitrogen and oxygen atoms in total. The minimum Gasteiger partial charge on any atom is -0.356 e. The Morgan fingerprint density at radius 2 is 1.83 bits per heavy atom. The van der Waals surface area contributed by atoms with Crippen molar-refractivity contribution in [3.63, 3.8) is 0 Å². The minimum absolute atomic E-state index is 0.835. The second kappa shape index (κ2) is 7.44. The Kier molecular flexibility index (Phi) is 5.11. The van der Waals surface area contributed by atoms with Crippen LogP contribution in [0, 0.1) is 0 Å². The zero-order valence-corrected chi connectivity index (χ0v) is 14.2. The van der Waals surface area contributed by atoms with Crippen molar-refractivity contribution < 1.29 is 0 Å². The Labute approximate surface area is 139 Å². The molecule has 23 heavy (non-hydrogen) atoms. The number of anilines is 2. The van der Waals surface area contributed by atoms with E-state index in [9.17, 15) is 0 Å². The summed E-state index contributed by atoms with van der Waals surface area (Å²) in [5, 5.41) is 0. The molecule has 0 bridgehead atoms. The number of hydrogen-bond acceptors (Lipinski definition) is 4. The molecule has 1 aliphatic heterocycles. The quantitative estimate of drug-likeness (QED) is 0.808. The molecule has 2 heterocycles. The molecular formula is C19H26N4. The first kappa shape index (κ1) is 15.8. The van der Waals surface area contributed by atoms with Gasteiger partial charge in [-0.2, -0.15) is 4.98 Å². The molecule has 0 spiro atoms. The van der Waals surface area contributed by atoms with Crippen LogP contribution in [0.3, 0.4) is 0 Å². The van der Waals surface area contributed by atoms with E-state index in [1.807, 2.05) is 6.07 Å². The summed E-state index contributed by atoms with van der Waals surface area (Å²) in [6.45, 7) is 5.41. The Bertz CT molecular complexity index is 621. The van der Waals surface area contributed by atoms with Gasteiger partial charge in [0.05, 0.1) is 5.69 Å². The fourth-order valence-corrected chi connectivity index (χ4v) is 2.95. The average molecular weight is 310 g/mol. The molecule has 1 aliphatic rings. The maximum Gasteiger partial charge on any atom is 0.227 e. The highest BCUT2D eigenvalue weighted by Crippen LogP contribution is 2.26. The largest absolute Gasteiger partial charge is 0.356 e. The van der Waals surface area contributed by atoms with E-state index in [1.54, 1.807) is 0 Å².